The lowest BCUT2D eigenvalue weighted by Gasteiger charge is -2.26. The summed E-state index contributed by atoms with van der Waals surface area (Å²) in [5.74, 6) is -0.826. The fourth-order valence-electron chi connectivity index (χ4n) is 3.15. The van der Waals surface area contributed by atoms with Gasteiger partial charge in [0.2, 0.25) is 10.0 Å². The quantitative estimate of drug-likeness (QED) is 0.423. The van der Waals surface area contributed by atoms with Crippen molar-refractivity contribution in [3.8, 4) is 5.75 Å². The number of carbonyl (C=O) groups is 2. The maximum Gasteiger partial charge on any atom is 0.337 e. The normalized spacial score (nSPS) is 14.7. The number of rotatable bonds is 8. The fourth-order valence-corrected chi connectivity index (χ4v) is 4.74. The Morgan fingerprint density at radius 1 is 1.06 bits per heavy atom. The minimum Gasteiger partial charge on any atom is -0.495 e. The molecule has 0 saturated carbocycles. The number of esters is 2. The van der Waals surface area contributed by atoms with E-state index in [1.165, 1.54) is 36.7 Å². The first-order chi connectivity index (χ1) is 15.8. The highest BCUT2D eigenvalue weighted by molar-refractivity contribution is 7.89. The predicted molar refractivity (Wildman–Crippen MR) is 119 cm³/mol. The summed E-state index contributed by atoms with van der Waals surface area (Å²) in [6.07, 6.45) is 2.69. The van der Waals surface area contributed by atoms with Crippen molar-refractivity contribution in [2.24, 2.45) is 0 Å². The smallest absolute Gasteiger partial charge is 0.337 e. The molecule has 1 aliphatic rings. The zero-order valence-corrected chi connectivity index (χ0v) is 19.2. The van der Waals surface area contributed by atoms with Gasteiger partial charge in [0.05, 0.1) is 33.0 Å². The van der Waals surface area contributed by atoms with E-state index in [0.717, 1.165) is 0 Å². The van der Waals surface area contributed by atoms with Crippen molar-refractivity contribution in [2.75, 3.05) is 40.5 Å². The number of sulfonamides is 1. The third-order valence-electron chi connectivity index (χ3n) is 4.94. The van der Waals surface area contributed by atoms with Crippen molar-refractivity contribution in [1.29, 1.82) is 0 Å². The largest absolute Gasteiger partial charge is 0.495 e. The Morgan fingerprint density at radius 2 is 1.76 bits per heavy atom. The molecule has 2 aromatic rings. The highest BCUT2D eigenvalue weighted by Gasteiger charge is 2.29. The van der Waals surface area contributed by atoms with Crippen molar-refractivity contribution < 1.29 is 37.0 Å². The van der Waals surface area contributed by atoms with Crippen LogP contribution in [0.3, 0.4) is 0 Å². The Bertz CT molecular complexity index is 1120. The van der Waals surface area contributed by atoms with Gasteiger partial charge in [0.25, 0.3) is 0 Å². The van der Waals surface area contributed by atoms with Gasteiger partial charge in [-0.2, -0.15) is 4.31 Å². The van der Waals surface area contributed by atoms with Gasteiger partial charge in [0, 0.05) is 19.2 Å². The number of hydrogen-bond acceptors (Lipinski definition) is 8. The first-order valence-electron chi connectivity index (χ1n) is 10.1. The molecule has 0 atom stereocenters. The average molecular weight is 476 g/mol. The number of nitrogens with zero attached hydrogens (tertiary/aromatic N) is 1. The summed E-state index contributed by atoms with van der Waals surface area (Å²) in [5.41, 5.74) is 1.60. The van der Waals surface area contributed by atoms with Gasteiger partial charge in [0.1, 0.15) is 17.3 Å². The molecule has 10 heteroatoms. The van der Waals surface area contributed by atoms with Gasteiger partial charge in [-0.3, -0.25) is 0 Å². The first kappa shape index (κ1) is 24.4. The summed E-state index contributed by atoms with van der Waals surface area (Å²) in [4.78, 5) is 23.6. The number of hydrogen-bond donors (Lipinski definition) is 0. The van der Waals surface area contributed by atoms with Crippen LogP contribution >= 0.6 is 0 Å². The van der Waals surface area contributed by atoms with Crippen LogP contribution < -0.4 is 4.74 Å². The maximum absolute atomic E-state index is 13.0. The van der Waals surface area contributed by atoms with Gasteiger partial charge in [-0.05, 0) is 41.5 Å². The van der Waals surface area contributed by atoms with Gasteiger partial charge < -0.3 is 18.9 Å². The molecule has 176 valence electrons. The van der Waals surface area contributed by atoms with Crippen LogP contribution in [0.5, 0.6) is 5.75 Å². The van der Waals surface area contributed by atoms with Crippen LogP contribution in [0, 0.1) is 0 Å². The molecule has 1 aliphatic heterocycles. The number of carbonyl (C=O) groups excluding carboxylic acids is 2. The van der Waals surface area contributed by atoms with Gasteiger partial charge in [-0.25, -0.2) is 18.0 Å². The molecule has 1 fully saturated rings. The molecule has 0 aliphatic carbocycles. The van der Waals surface area contributed by atoms with E-state index in [1.54, 1.807) is 36.4 Å². The Hall–Kier alpha value is -3.21. The van der Waals surface area contributed by atoms with Crippen LogP contribution in [0.25, 0.3) is 6.08 Å². The Labute approximate surface area is 192 Å². The van der Waals surface area contributed by atoms with Crippen LogP contribution in [-0.2, 0) is 35.6 Å². The molecule has 2 aromatic carbocycles. The molecule has 0 bridgehead atoms. The number of morpholine rings is 1. The summed E-state index contributed by atoms with van der Waals surface area (Å²) in [7, 11) is -1.08. The summed E-state index contributed by atoms with van der Waals surface area (Å²) in [6.45, 7) is 1.21. The van der Waals surface area contributed by atoms with Crippen LogP contribution in [0.2, 0.25) is 0 Å². The second-order valence-electron chi connectivity index (χ2n) is 7.06. The number of ether oxygens (including phenoxy) is 4. The minimum atomic E-state index is -3.78. The molecule has 1 heterocycles. The van der Waals surface area contributed by atoms with Crippen LogP contribution in [0.15, 0.2) is 53.4 Å². The Balaban J connectivity index is 1.67. The zero-order valence-electron chi connectivity index (χ0n) is 18.4. The molecule has 0 unspecified atom stereocenters. The average Bonchev–Trinajstić information content (AvgIpc) is 2.86. The van der Waals surface area contributed by atoms with E-state index in [4.69, 9.17) is 14.2 Å². The molecule has 33 heavy (non-hydrogen) atoms. The Kier molecular flexibility index (Phi) is 8.21. The highest BCUT2D eigenvalue weighted by Crippen LogP contribution is 2.28. The van der Waals surface area contributed by atoms with E-state index in [1.807, 2.05) is 0 Å². The molecule has 0 aromatic heterocycles. The predicted octanol–water partition coefficient (Wildman–Crippen LogP) is 2.26. The lowest BCUT2D eigenvalue weighted by atomic mass is 10.1. The second kappa shape index (κ2) is 11.1. The van der Waals surface area contributed by atoms with Gasteiger partial charge in [-0.1, -0.05) is 18.2 Å². The topological polar surface area (TPSA) is 108 Å². The molecule has 0 amide bonds. The number of methoxy groups -OCH3 is 2. The van der Waals surface area contributed by atoms with E-state index in [2.05, 4.69) is 4.74 Å². The fraction of sp³-hybridized carbons (Fsp3) is 0.304. The molecule has 0 N–H and O–H groups in total. The second-order valence-corrected chi connectivity index (χ2v) is 8.96. The summed E-state index contributed by atoms with van der Waals surface area (Å²) in [5, 5.41) is 0. The summed E-state index contributed by atoms with van der Waals surface area (Å²) >= 11 is 0. The van der Waals surface area contributed by atoms with E-state index < -0.39 is 22.0 Å². The molecule has 1 saturated heterocycles. The van der Waals surface area contributed by atoms with E-state index in [0.29, 0.717) is 29.9 Å². The molecule has 9 nitrogen and oxygen atoms in total. The summed E-state index contributed by atoms with van der Waals surface area (Å²) in [6, 6.07) is 11.1. The monoisotopic (exact) mass is 475 g/mol. The van der Waals surface area contributed by atoms with Crippen LogP contribution in [-0.4, -0.2) is 65.2 Å². The van der Waals surface area contributed by atoms with Gasteiger partial charge in [0.15, 0.2) is 0 Å². The van der Waals surface area contributed by atoms with E-state index >= 15 is 0 Å². The van der Waals surface area contributed by atoms with Crippen molar-refractivity contribution in [3.05, 3.63) is 65.2 Å². The van der Waals surface area contributed by atoms with Crippen LogP contribution in [0.1, 0.15) is 21.5 Å². The van der Waals surface area contributed by atoms with Gasteiger partial charge >= 0.3 is 11.9 Å². The zero-order chi connectivity index (χ0) is 23.8. The third kappa shape index (κ3) is 6.19. The van der Waals surface area contributed by atoms with Gasteiger partial charge in [-0.15, -0.1) is 0 Å². The SMILES string of the molecule is COC(=O)c1ccc(COC(=O)C=Cc2ccc(OC)c(S(=O)(=O)N3CCOCC3)c2)cc1. The van der Waals surface area contributed by atoms with Crippen LogP contribution in [0.4, 0.5) is 0 Å². The lowest BCUT2D eigenvalue weighted by molar-refractivity contribution is -0.138. The third-order valence-corrected chi connectivity index (χ3v) is 6.86. The Morgan fingerprint density at radius 3 is 2.39 bits per heavy atom. The summed E-state index contributed by atoms with van der Waals surface area (Å²) < 4.78 is 47.8. The standard InChI is InChI=1S/C23H25NO8S/c1-29-20-9-5-17(15-21(20)33(27,28)24-11-13-31-14-12-24)6-10-22(25)32-16-18-3-7-19(8-4-18)23(26)30-2/h3-10,15H,11-14,16H2,1-2H3. The minimum absolute atomic E-state index is 0.0178. The van der Waals surface area contributed by atoms with Crippen molar-refractivity contribution in [2.45, 2.75) is 11.5 Å². The van der Waals surface area contributed by atoms with Crippen molar-refractivity contribution in [3.63, 3.8) is 0 Å². The maximum atomic E-state index is 13.0. The number of benzene rings is 2. The van der Waals surface area contributed by atoms with Crippen molar-refractivity contribution >= 4 is 28.0 Å². The molecule has 0 radical (unpaired) electrons. The molecular formula is C23H25NO8S. The van der Waals surface area contributed by atoms with E-state index in [9.17, 15) is 18.0 Å². The lowest BCUT2D eigenvalue weighted by Crippen LogP contribution is -2.40. The first-order valence-corrected chi connectivity index (χ1v) is 11.6. The molecule has 0 spiro atoms. The van der Waals surface area contributed by atoms with E-state index in [-0.39, 0.29) is 30.3 Å². The molecular weight excluding hydrogens is 450 g/mol. The van der Waals surface area contributed by atoms with Crippen molar-refractivity contribution in [1.82, 2.24) is 4.31 Å². The molecule has 3 rings (SSSR count). The highest BCUT2D eigenvalue weighted by atomic mass is 32.2.